The molecule has 1 saturated carbocycles. The quantitative estimate of drug-likeness (QED) is 0.600. The number of hydrogen-bond donors (Lipinski definition) is 0. The Morgan fingerprint density at radius 3 is 2.79 bits per heavy atom. The van der Waals surface area contributed by atoms with E-state index >= 15 is 0 Å². The molecular formula is C18H21N3OS2. The molecule has 0 bridgehead atoms. The summed E-state index contributed by atoms with van der Waals surface area (Å²) in [5.74, 6) is 0. The van der Waals surface area contributed by atoms with Gasteiger partial charge in [-0.1, -0.05) is 24.6 Å². The van der Waals surface area contributed by atoms with Crippen LogP contribution in [0.2, 0.25) is 0 Å². The lowest BCUT2D eigenvalue weighted by atomic mass is 9.97. The molecule has 2 heterocycles. The average Bonchev–Trinajstić information content (AvgIpc) is 3.21. The minimum atomic E-state index is -0.198. The Bertz CT molecular complexity index is 871. The van der Waals surface area contributed by atoms with E-state index in [0.717, 1.165) is 41.1 Å². The van der Waals surface area contributed by atoms with Crippen molar-refractivity contribution >= 4 is 33.3 Å². The molecule has 0 aromatic carbocycles. The summed E-state index contributed by atoms with van der Waals surface area (Å²) in [5, 5.41) is 10.6. The molecule has 0 N–H and O–H groups in total. The highest BCUT2D eigenvalue weighted by molar-refractivity contribution is 8.00. The van der Waals surface area contributed by atoms with Crippen LogP contribution in [0.5, 0.6) is 0 Å². The number of nitrogens with zero attached hydrogens (tertiary/aromatic N) is 3. The van der Waals surface area contributed by atoms with Gasteiger partial charge in [-0.3, -0.25) is 9.36 Å². The van der Waals surface area contributed by atoms with E-state index < -0.39 is 0 Å². The van der Waals surface area contributed by atoms with Gasteiger partial charge in [-0.25, -0.2) is 4.98 Å². The Labute approximate surface area is 149 Å². The number of aryl methyl sites for hydroxylation is 2. The molecule has 6 heteroatoms. The van der Waals surface area contributed by atoms with Crippen LogP contribution in [0.25, 0.3) is 10.2 Å². The Balaban J connectivity index is 1.93. The first kappa shape index (κ1) is 16.2. The molecule has 126 valence electrons. The number of nitriles is 1. The second kappa shape index (κ2) is 6.53. The predicted octanol–water partition coefficient (Wildman–Crippen LogP) is 4.46. The molecular weight excluding hydrogens is 338 g/mol. The number of hydrogen-bond acceptors (Lipinski definition) is 5. The minimum absolute atomic E-state index is 0.138. The fraction of sp³-hybridized carbons (Fsp3) is 0.611. The fourth-order valence-electron chi connectivity index (χ4n) is 3.95. The molecule has 1 atom stereocenters. The van der Waals surface area contributed by atoms with Crippen molar-refractivity contribution in [2.45, 2.75) is 74.7 Å². The van der Waals surface area contributed by atoms with Crippen LogP contribution < -0.4 is 5.56 Å². The number of thioether (sulfide) groups is 1. The van der Waals surface area contributed by atoms with E-state index in [1.165, 1.54) is 47.9 Å². The van der Waals surface area contributed by atoms with Gasteiger partial charge in [0, 0.05) is 10.9 Å². The van der Waals surface area contributed by atoms with E-state index in [1.54, 1.807) is 11.3 Å². The lowest BCUT2D eigenvalue weighted by Gasteiger charge is -2.19. The van der Waals surface area contributed by atoms with Crippen LogP contribution >= 0.6 is 23.1 Å². The van der Waals surface area contributed by atoms with Crippen molar-refractivity contribution in [2.75, 3.05) is 0 Å². The number of aromatic nitrogens is 2. The Morgan fingerprint density at radius 2 is 2.04 bits per heavy atom. The van der Waals surface area contributed by atoms with Gasteiger partial charge in [-0.2, -0.15) is 5.26 Å². The molecule has 0 amide bonds. The standard InChI is InChI=1S/C18H21N3OS2/c1-11(10-19)23-18-20-16-15(13-8-4-5-9-14(13)24-16)17(22)21(18)12-6-2-3-7-12/h11-12H,2-9H2,1H3/t11-/m1/s1. The normalized spacial score (nSPS) is 19.3. The summed E-state index contributed by atoms with van der Waals surface area (Å²) in [4.78, 5) is 20.5. The van der Waals surface area contributed by atoms with Gasteiger partial charge in [0.1, 0.15) is 4.83 Å². The van der Waals surface area contributed by atoms with Gasteiger partial charge in [-0.05, 0) is 51.0 Å². The predicted molar refractivity (Wildman–Crippen MR) is 99.0 cm³/mol. The van der Waals surface area contributed by atoms with Gasteiger partial charge in [-0.15, -0.1) is 11.3 Å². The van der Waals surface area contributed by atoms with E-state index in [-0.39, 0.29) is 16.9 Å². The highest BCUT2D eigenvalue weighted by Gasteiger charge is 2.27. The zero-order valence-electron chi connectivity index (χ0n) is 13.9. The summed E-state index contributed by atoms with van der Waals surface area (Å²) >= 11 is 3.12. The molecule has 0 aliphatic heterocycles. The van der Waals surface area contributed by atoms with Gasteiger partial charge < -0.3 is 0 Å². The number of fused-ring (bicyclic) bond motifs is 3. The zero-order valence-corrected chi connectivity index (χ0v) is 15.5. The van der Waals surface area contributed by atoms with Crippen molar-refractivity contribution in [1.82, 2.24) is 9.55 Å². The van der Waals surface area contributed by atoms with Gasteiger partial charge in [0.2, 0.25) is 0 Å². The molecule has 2 aliphatic rings. The summed E-state index contributed by atoms with van der Waals surface area (Å²) in [5.41, 5.74) is 1.40. The molecule has 0 radical (unpaired) electrons. The lowest BCUT2D eigenvalue weighted by molar-refractivity contribution is 0.457. The van der Waals surface area contributed by atoms with Gasteiger partial charge >= 0.3 is 0 Å². The van der Waals surface area contributed by atoms with Crippen LogP contribution in [0.15, 0.2) is 9.95 Å². The maximum absolute atomic E-state index is 13.4. The van der Waals surface area contributed by atoms with Crippen molar-refractivity contribution < 1.29 is 0 Å². The molecule has 2 aliphatic carbocycles. The molecule has 0 saturated heterocycles. The van der Waals surface area contributed by atoms with E-state index in [9.17, 15) is 10.1 Å². The Morgan fingerprint density at radius 1 is 1.29 bits per heavy atom. The summed E-state index contributed by atoms with van der Waals surface area (Å²) in [7, 11) is 0. The Kier molecular flexibility index (Phi) is 4.40. The second-order valence-electron chi connectivity index (χ2n) is 6.79. The van der Waals surface area contributed by atoms with Crippen LogP contribution in [0, 0.1) is 11.3 Å². The highest BCUT2D eigenvalue weighted by atomic mass is 32.2. The molecule has 1 fully saturated rings. The number of thiophene rings is 1. The van der Waals surface area contributed by atoms with E-state index in [2.05, 4.69) is 6.07 Å². The third-order valence-electron chi connectivity index (χ3n) is 5.14. The monoisotopic (exact) mass is 359 g/mol. The van der Waals surface area contributed by atoms with E-state index in [0.29, 0.717) is 0 Å². The summed E-state index contributed by atoms with van der Waals surface area (Å²) < 4.78 is 1.93. The van der Waals surface area contributed by atoms with Gasteiger partial charge in [0.05, 0.1) is 16.7 Å². The largest absolute Gasteiger partial charge is 0.284 e. The molecule has 4 nitrogen and oxygen atoms in total. The Hall–Kier alpha value is -1.32. The van der Waals surface area contributed by atoms with Crippen molar-refractivity contribution in [3.8, 4) is 6.07 Å². The number of rotatable bonds is 3. The van der Waals surface area contributed by atoms with Gasteiger partial charge in [0.15, 0.2) is 5.16 Å². The van der Waals surface area contributed by atoms with Crippen LogP contribution in [0.4, 0.5) is 0 Å². The fourth-order valence-corrected chi connectivity index (χ4v) is 6.12. The zero-order chi connectivity index (χ0) is 16.7. The van der Waals surface area contributed by atoms with Crippen LogP contribution in [-0.2, 0) is 12.8 Å². The topological polar surface area (TPSA) is 58.7 Å². The third-order valence-corrected chi connectivity index (χ3v) is 7.29. The average molecular weight is 360 g/mol. The molecule has 4 rings (SSSR count). The first-order chi connectivity index (χ1) is 11.7. The maximum Gasteiger partial charge on any atom is 0.263 e. The van der Waals surface area contributed by atoms with Crippen LogP contribution in [0.1, 0.15) is 61.9 Å². The molecule has 2 aromatic rings. The molecule has 0 spiro atoms. The van der Waals surface area contributed by atoms with Crippen molar-refractivity contribution in [1.29, 1.82) is 5.26 Å². The minimum Gasteiger partial charge on any atom is -0.284 e. The van der Waals surface area contributed by atoms with E-state index in [4.69, 9.17) is 4.98 Å². The lowest BCUT2D eigenvalue weighted by Crippen LogP contribution is -2.27. The van der Waals surface area contributed by atoms with Crippen molar-refractivity contribution in [2.24, 2.45) is 0 Å². The smallest absolute Gasteiger partial charge is 0.263 e. The maximum atomic E-state index is 13.4. The van der Waals surface area contributed by atoms with Crippen LogP contribution in [-0.4, -0.2) is 14.8 Å². The summed E-state index contributed by atoms with van der Waals surface area (Å²) in [6, 6.07) is 2.51. The highest BCUT2D eigenvalue weighted by Crippen LogP contribution is 2.37. The molecule has 24 heavy (non-hydrogen) atoms. The second-order valence-corrected chi connectivity index (χ2v) is 9.18. The van der Waals surface area contributed by atoms with E-state index in [1.807, 2.05) is 11.5 Å². The summed E-state index contributed by atoms with van der Waals surface area (Å²) in [6.07, 6.45) is 8.92. The third kappa shape index (κ3) is 2.68. The van der Waals surface area contributed by atoms with Crippen molar-refractivity contribution in [3.63, 3.8) is 0 Å². The molecule has 2 aromatic heterocycles. The summed E-state index contributed by atoms with van der Waals surface area (Å²) in [6.45, 7) is 1.87. The SMILES string of the molecule is C[C@H](C#N)Sc1nc2sc3c(c2c(=O)n1C1CCCC1)CCCC3. The van der Waals surface area contributed by atoms with Crippen molar-refractivity contribution in [3.05, 3.63) is 20.8 Å². The first-order valence-electron chi connectivity index (χ1n) is 8.82. The molecule has 0 unspecified atom stereocenters. The van der Waals surface area contributed by atoms with Crippen LogP contribution in [0.3, 0.4) is 0 Å². The van der Waals surface area contributed by atoms with Gasteiger partial charge in [0.25, 0.3) is 5.56 Å². The first-order valence-corrected chi connectivity index (χ1v) is 10.5.